The maximum atomic E-state index is 12.6. The molecule has 4 heteroatoms. The van der Waals surface area contributed by atoms with Crippen molar-refractivity contribution in [2.45, 2.75) is 51.9 Å². The Hall–Kier alpha value is -6.26. The summed E-state index contributed by atoms with van der Waals surface area (Å²) in [4.78, 5) is 9.76. The monoisotopic (exact) mass is 721 g/mol. The first-order valence-corrected chi connectivity index (χ1v) is 17.1. The number of hydrogen-bond acceptors (Lipinski definition) is 3. The molecule has 0 atom stereocenters. The third kappa shape index (κ3) is 6.60. The zero-order valence-corrected chi connectivity index (χ0v) is 28.8. The fourth-order valence-electron chi connectivity index (χ4n) is 6.79. The SMILES string of the molecule is [2H]C([2H])([2H])C(c1cc(-c2nc3c(-c4cc(-c5ccccc5)cc(-c5cc(-c6ccccc6)ccn5)c4)cccc3n2-c2ccccc2)c(O)c(C(C([2H])([2H])[2H])(C([2H])([2H])[2H])C([2H])([2H])[2H])c1)(C([2H])([2H])[2H])C([2H])([2H])[2H]. The summed E-state index contributed by atoms with van der Waals surface area (Å²) >= 11 is 0. The number of aromatic nitrogens is 3. The molecule has 0 unspecified atom stereocenters. The van der Waals surface area contributed by atoms with Gasteiger partial charge in [-0.15, -0.1) is 0 Å². The molecule has 8 rings (SSSR count). The van der Waals surface area contributed by atoms with Gasteiger partial charge in [0.25, 0.3) is 0 Å². The van der Waals surface area contributed by atoms with Crippen LogP contribution in [0.5, 0.6) is 5.75 Å². The largest absolute Gasteiger partial charge is 0.507 e. The van der Waals surface area contributed by atoms with Gasteiger partial charge in [-0.1, -0.05) is 138 Å². The predicted molar refractivity (Wildman–Crippen MR) is 225 cm³/mol. The lowest BCUT2D eigenvalue weighted by Gasteiger charge is -2.27. The summed E-state index contributed by atoms with van der Waals surface area (Å²) in [5.74, 6) is -1.74. The predicted octanol–water partition coefficient (Wildman–Crippen LogP) is 13.1. The molecule has 4 nitrogen and oxygen atoms in total. The van der Waals surface area contributed by atoms with E-state index in [9.17, 15) is 5.11 Å². The minimum atomic E-state index is -4.10. The summed E-state index contributed by atoms with van der Waals surface area (Å²) in [6.45, 7) is -24.3. The molecule has 0 amide bonds. The van der Waals surface area contributed by atoms with E-state index >= 15 is 0 Å². The van der Waals surface area contributed by atoms with Gasteiger partial charge in [0.1, 0.15) is 11.6 Å². The van der Waals surface area contributed by atoms with Crippen molar-refractivity contribution < 1.29 is 29.8 Å². The molecule has 0 aliphatic heterocycles. The van der Waals surface area contributed by atoms with E-state index in [1.54, 1.807) is 54.7 Å². The second-order valence-electron chi connectivity index (χ2n) is 13.2. The number of fused-ring (bicyclic) bond motifs is 1. The first-order chi connectivity index (χ1) is 33.5. The maximum Gasteiger partial charge on any atom is 0.149 e. The van der Waals surface area contributed by atoms with Gasteiger partial charge < -0.3 is 5.11 Å². The van der Waals surface area contributed by atoms with E-state index in [1.807, 2.05) is 91.0 Å². The Morgan fingerprint density at radius 2 is 1.17 bits per heavy atom. The maximum absolute atomic E-state index is 12.6. The van der Waals surface area contributed by atoms with Gasteiger partial charge in [0, 0.05) is 53.2 Å². The molecule has 54 heavy (non-hydrogen) atoms. The van der Waals surface area contributed by atoms with E-state index < -0.39 is 80.2 Å². The minimum Gasteiger partial charge on any atom is -0.507 e. The molecule has 0 saturated carbocycles. The summed E-state index contributed by atoms with van der Waals surface area (Å²) < 4.78 is 156. The molecule has 0 bridgehead atoms. The second kappa shape index (κ2) is 13.6. The van der Waals surface area contributed by atoms with Crippen molar-refractivity contribution in [3.8, 4) is 67.5 Å². The van der Waals surface area contributed by atoms with Crippen LogP contribution in [0.15, 0.2) is 158 Å². The van der Waals surface area contributed by atoms with Crippen molar-refractivity contribution in [1.29, 1.82) is 0 Å². The van der Waals surface area contributed by atoms with Crippen molar-refractivity contribution in [2.24, 2.45) is 0 Å². The summed E-state index contributed by atoms with van der Waals surface area (Å²) in [5.41, 5.74) is -4.86. The lowest BCUT2D eigenvalue weighted by Crippen LogP contribution is -2.17. The Labute approximate surface area is 343 Å². The van der Waals surface area contributed by atoms with Crippen LogP contribution in [-0.2, 0) is 10.8 Å². The molecular weight excluding hydrogens is 659 g/mol. The van der Waals surface area contributed by atoms with Crippen LogP contribution in [0.3, 0.4) is 0 Å². The molecular formula is C50H45N3O. The van der Waals surface area contributed by atoms with Gasteiger partial charge in [0.2, 0.25) is 0 Å². The number of aromatic hydroxyl groups is 1. The average Bonchev–Trinajstić information content (AvgIpc) is 3.68. The molecule has 0 radical (unpaired) electrons. The molecule has 6 aromatic carbocycles. The highest BCUT2D eigenvalue weighted by Gasteiger charge is 2.28. The number of imidazole rings is 1. The van der Waals surface area contributed by atoms with Crippen molar-refractivity contribution in [3.05, 3.63) is 169 Å². The third-order valence-corrected chi connectivity index (χ3v) is 9.40. The number of nitrogens with zero attached hydrogens (tertiary/aromatic N) is 3. The average molecular weight is 722 g/mol. The number of benzene rings is 6. The van der Waals surface area contributed by atoms with E-state index in [-0.39, 0.29) is 11.6 Å². The quantitative estimate of drug-likeness (QED) is 0.186. The van der Waals surface area contributed by atoms with Gasteiger partial charge in [-0.25, -0.2) is 4.98 Å². The van der Waals surface area contributed by atoms with Crippen LogP contribution in [0.1, 0.15) is 76.9 Å². The number of phenols is 1. The van der Waals surface area contributed by atoms with Gasteiger partial charge in [0.15, 0.2) is 0 Å². The minimum absolute atomic E-state index is 0.187. The normalized spacial score (nSPS) is 18.3. The summed E-state index contributed by atoms with van der Waals surface area (Å²) in [5, 5.41) is 12.6. The van der Waals surface area contributed by atoms with Crippen LogP contribution >= 0.6 is 0 Å². The van der Waals surface area contributed by atoms with Gasteiger partial charge in [0.05, 0.1) is 22.3 Å². The number of para-hydroxylation sites is 2. The van der Waals surface area contributed by atoms with Crippen LogP contribution in [0.25, 0.3) is 72.7 Å². The summed E-state index contributed by atoms with van der Waals surface area (Å²) in [7, 11) is 0. The highest BCUT2D eigenvalue weighted by atomic mass is 16.3. The zero-order valence-electron chi connectivity index (χ0n) is 46.8. The molecule has 266 valence electrons. The molecule has 0 spiro atoms. The van der Waals surface area contributed by atoms with Crippen molar-refractivity contribution in [2.75, 3.05) is 0 Å². The molecule has 1 N–H and O–H groups in total. The lowest BCUT2D eigenvalue weighted by molar-refractivity contribution is 0.446. The molecule has 2 heterocycles. The van der Waals surface area contributed by atoms with Crippen LogP contribution in [0, 0.1) is 0 Å². The van der Waals surface area contributed by atoms with E-state index in [0.717, 1.165) is 22.3 Å². The second-order valence-corrected chi connectivity index (χ2v) is 13.2. The zero-order chi connectivity index (χ0) is 52.6. The van der Waals surface area contributed by atoms with Gasteiger partial charge in [-0.3, -0.25) is 9.55 Å². The number of pyridine rings is 1. The van der Waals surface area contributed by atoms with Crippen LogP contribution < -0.4 is 0 Å². The molecule has 0 aliphatic rings. The van der Waals surface area contributed by atoms with Crippen LogP contribution in [-0.4, -0.2) is 19.6 Å². The summed E-state index contributed by atoms with van der Waals surface area (Å²) in [6.07, 6.45) is 1.70. The third-order valence-electron chi connectivity index (χ3n) is 9.40. The molecule has 0 saturated heterocycles. The van der Waals surface area contributed by atoms with E-state index in [1.165, 1.54) is 4.57 Å². The van der Waals surface area contributed by atoms with E-state index in [0.29, 0.717) is 39.7 Å². The fourth-order valence-corrected chi connectivity index (χ4v) is 6.79. The number of phenolic OH excluding ortho intramolecular Hbond substituents is 1. The van der Waals surface area contributed by atoms with Gasteiger partial charge in [-0.2, -0.15) is 0 Å². The van der Waals surface area contributed by atoms with Crippen molar-refractivity contribution in [3.63, 3.8) is 0 Å². The Morgan fingerprint density at radius 1 is 0.537 bits per heavy atom. The first kappa shape index (κ1) is 19.7. The van der Waals surface area contributed by atoms with Crippen molar-refractivity contribution in [1.82, 2.24) is 14.5 Å². The van der Waals surface area contributed by atoms with Crippen LogP contribution in [0.2, 0.25) is 0 Å². The Kier molecular flexibility index (Phi) is 4.97. The molecule has 8 aromatic rings. The lowest BCUT2D eigenvalue weighted by atomic mass is 9.79. The molecule has 2 aromatic heterocycles. The highest BCUT2D eigenvalue weighted by molar-refractivity contribution is 5.97. The van der Waals surface area contributed by atoms with Crippen LogP contribution in [0.4, 0.5) is 0 Å². The van der Waals surface area contributed by atoms with Crippen molar-refractivity contribution >= 4 is 11.0 Å². The molecule has 0 aliphatic carbocycles. The van der Waals surface area contributed by atoms with Gasteiger partial charge >= 0.3 is 0 Å². The topological polar surface area (TPSA) is 50.9 Å². The Bertz CT molecular complexity index is 3210. The number of rotatable bonds is 6. The Balaban J connectivity index is 1.54. The Morgan fingerprint density at radius 3 is 1.85 bits per heavy atom. The highest BCUT2D eigenvalue weighted by Crippen LogP contribution is 2.44. The summed E-state index contributed by atoms with van der Waals surface area (Å²) in [6, 6.07) is 43.2. The first-order valence-electron chi connectivity index (χ1n) is 26.1. The smallest absolute Gasteiger partial charge is 0.149 e. The van der Waals surface area contributed by atoms with E-state index in [2.05, 4.69) is 0 Å². The van der Waals surface area contributed by atoms with Gasteiger partial charge in [-0.05, 0) is 98.8 Å². The standard InChI is InChI=1S/C50H45N3O/c1-49(2,3)39-31-42(47(54)43(32-39)50(4,5)6)48-52-46-41(23-16-24-45(46)53(48)40-21-14-9-15-22-40)37-27-36(34-19-12-8-13-20-34)28-38(29-37)44-30-35(25-26-51-44)33-17-10-7-11-18-33/h7-32,54H,1-6H3/i1D3,2D3,3D3,4D3,5D3,6D3. The number of hydrogen-bond donors (Lipinski definition) is 1. The van der Waals surface area contributed by atoms with E-state index in [4.69, 9.17) is 34.6 Å². The molecule has 0 fully saturated rings. The fraction of sp³-hybridized carbons (Fsp3) is 0.160.